The average Bonchev–Trinajstić information content (AvgIpc) is 3.02. The molecule has 0 spiro atoms. The van der Waals surface area contributed by atoms with E-state index >= 15 is 0 Å². The second-order valence-electron chi connectivity index (χ2n) is 4.89. The molecule has 0 saturated carbocycles. The minimum atomic E-state index is 0.348. The van der Waals surface area contributed by atoms with Crippen LogP contribution in [-0.4, -0.2) is 16.8 Å². The van der Waals surface area contributed by atoms with Crippen LogP contribution in [0.2, 0.25) is 0 Å². The highest BCUT2D eigenvalue weighted by Crippen LogP contribution is 2.30. The Morgan fingerprint density at radius 2 is 2.15 bits per heavy atom. The Labute approximate surface area is 133 Å². The fourth-order valence-corrected chi connectivity index (χ4v) is 4.39. The molecule has 0 aliphatic rings. The van der Waals surface area contributed by atoms with Crippen molar-refractivity contribution in [3.05, 3.63) is 37.7 Å². The highest BCUT2D eigenvalue weighted by molar-refractivity contribution is 9.10. The maximum Gasteiger partial charge on any atom is 0.0766 e. The topological polar surface area (TPSA) is 29.9 Å². The van der Waals surface area contributed by atoms with Crippen molar-refractivity contribution in [3.63, 3.8) is 0 Å². The van der Waals surface area contributed by atoms with Crippen LogP contribution in [0.4, 0.5) is 0 Å². The van der Waals surface area contributed by atoms with E-state index in [2.05, 4.69) is 51.6 Å². The van der Waals surface area contributed by atoms with Gasteiger partial charge >= 0.3 is 0 Å². The summed E-state index contributed by atoms with van der Waals surface area (Å²) in [7, 11) is 4.07. The zero-order valence-corrected chi connectivity index (χ0v) is 14.9. The van der Waals surface area contributed by atoms with Crippen LogP contribution in [0.3, 0.4) is 0 Å². The molecule has 0 saturated heterocycles. The van der Waals surface area contributed by atoms with Crippen LogP contribution in [0, 0.1) is 0 Å². The predicted molar refractivity (Wildman–Crippen MR) is 89.5 cm³/mol. The van der Waals surface area contributed by atoms with E-state index in [4.69, 9.17) is 0 Å². The molecule has 1 unspecified atom stereocenters. The fraction of sp³-hybridized carbons (Fsp3) is 0.533. The van der Waals surface area contributed by atoms with E-state index in [1.807, 2.05) is 30.1 Å². The van der Waals surface area contributed by atoms with Crippen LogP contribution in [0.15, 0.2) is 15.9 Å². The summed E-state index contributed by atoms with van der Waals surface area (Å²) >= 11 is 5.55. The molecular weight excluding hydrogens is 334 g/mol. The Balaban J connectivity index is 2.29. The number of rotatable bonds is 6. The van der Waals surface area contributed by atoms with E-state index < -0.39 is 0 Å². The molecule has 20 heavy (non-hydrogen) atoms. The molecule has 2 rings (SSSR count). The summed E-state index contributed by atoms with van der Waals surface area (Å²) in [5.74, 6) is 0. The summed E-state index contributed by atoms with van der Waals surface area (Å²) in [4.78, 5) is 1.45. The Morgan fingerprint density at radius 3 is 2.70 bits per heavy atom. The van der Waals surface area contributed by atoms with Gasteiger partial charge in [0.1, 0.15) is 0 Å². The van der Waals surface area contributed by atoms with E-state index in [0.29, 0.717) is 6.04 Å². The molecule has 2 heterocycles. The summed E-state index contributed by atoms with van der Waals surface area (Å²) in [6.07, 6.45) is 3.00. The number of hydrogen-bond acceptors (Lipinski definition) is 3. The van der Waals surface area contributed by atoms with Crippen LogP contribution in [0.5, 0.6) is 0 Å². The van der Waals surface area contributed by atoms with Crippen LogP contribution in [-0.2, 0) is 26.3 Å². The third-order valence-electron chi connectivity index (χ3n) is 3.73. The SMILES string of the molecule is CCc1ccsc1C(Cc1c(Br)c(CC)nn1C)NC. The molecule has 2 aromatic heterocycles. The van der Waals surface area contributed by atoms with Crippen molar-refractivity contribution in [2.24, 2.45) is 7.05 Å². The molecule has 0 fully saturated rings. The fourth-order valence-electron chi connectivity index (χ4n) is 2.51. The standard InChI is InChI=1S/C15H22BrN3S/c1-5-10-7-8-20-15(10)12(17-3)9-13-14(16)11(6-2)18-19(13)4/h7-8,12,17H,5-6,9H2,1-4H3. The summed E-state index contributed by atoms with van der Waals surface area (Å²) in [5, 5.41) is 10.2. The number of thiophene rings is 1. The van der Waals surface area contributed by atoms with E-state index in [1.54, 1.807) is 0 Å². The maximum absolute atomic E-state index is 4.59. The Bertz CT molecular complexity index is 574. The highest BCUT2D eigenvalue weighted by atomic mass is 79.9. The van der Waals surface area contributed by atoms with E-state index in [1.165, 1.54) is 16.1 Å². The van der Waals surface area contributed by atoms with Gasteiger partial charge in [0, 0.05) is 24.4 Å². The smallest absolute Gasteiger partial charge is 0.0766 e. The van der Waals surface area contributed by atoms with E-state index in [9.17, 15) is 0 Å². The van der Waals surface area contributed by atoms with Crippen molar-refractivity contribution < 1.29 is 0 Å². The van der Waals surface area contributed by atoms with E-state index in [-0.39, 0.29) is 0 Å². The predicted octanol–water partition coefficient (Wildman–Crippen LogP) is 3.87. The second-order valence-corrected chi connectivity index (χ2v) is 6.63. The quantitative estimate of drug-likeness (QED) is 0.852. The first kappa shape index (κ1) is 15.7. The van der Waals surface area contributed by atoms with Gasteiger partial charge in [-0.05, 0) is 52.8 Å². The number of nitrogens with zero attached hydrogens (tertiary/aromatic N) is 2. The van der Waals surface area contributed by atoms with Crippen molar-refractivity contribution in [2.75, 3.05) is 7.05 Å². The lowest BCUT2D eigenvalue weighted by Gasteiger charge is -2.17. The van der Waals surface area contributed by atoms with Gasteiger partial charge in [-0.1, -0.05) is 13.8 Å². The monoisotopic (exact) mass is 355 g/mol. The van der Waals surface area contributed by atoms with Gasteiger partial charge in [-0.2, -0.15) is 5.10 Å². The molecule has 0 amide bonds. The van der Waals surface area contributed by atoms with Gasteiger partial charge in [0.15, 0.2) is 0 Å². The van der Waals surface area contributed by atoms with Crippen LogP contribution >= 0.6 is 27.3 Å². The zero-order valence-electron chi connectivity index (χ0n) is 12.5. The summed E-state index contributed by atoms with van der Waals surface area (Å²) in [5.41, 5.74) is 3.85. The third-order valence-corrected chi connectivity index (χ3v) is 5.72. The van der Waals surface area contributed by atoms with Crippen molar-refractivity contribution in [3.8, 4) is 0 Å². The van der Waals surface area contributed by atoms with Gasteiger partial charge in [-0.25, -0.2) is 0 Å². The lowest BCUT2D eigenvalue weighted by molar-refractivity contribution is 0.564. The largest absolute Gasteiger partial charge is 0.312 e. The number of nitrogens with one attached hydrogen (secondary N) is 1. The van der Waals surface area contributed by atoms with Gasteiger partial charge in [0.05, 0.1) is 15.9 Å². The summed E-state index contributed by atoms with van der Waals surface area (Å²) < 4.78 is 3.17. The van der Waals surface area contributed by atoms with E-state index in [0.717, 1.165) is 29.4 Å². The first-order chi connectivity index (χ1) is 9.62. The second kappa shape index (κ2) is 6.87. The third kappa shape index (κ3) is 3.00. The molecule has 1 N–H and O–H groups in total. The molecule has 0 aliphatic heterocycles. The number of aromatic nitrogens is 2. The molecule has 3 nitrogen and oxygen atoms in total. The highest BCUT2D eigenvalue weighted by Gasteiger charge is 2.20. The molecule has 110 valence electrons. The number of likely N-dealkylation sites (N-methyl/N-ethyl adjacent to an activating group) is 1. The van der Waals surface area contributed by atoms with Gasteiger partial charge in [0.2, 0.25) is 0 Å². The van der Waals surface area contributed by atoms with Crippen LogP contribution in [0.1, 0.15) is 41.7 Å². The molecule has 2 aromatic rings. The summed E-state index contributed by atoms with van der Waals surface area (Å²) in [6.45, 7) is 4.36. The number of halogens is 1. The number of aryl methyl sites for hydroxylation is 3. The molecule has 5 heteroatoms. The first-order valence-electron chi connectivity index (χ1n) is 7.06. The van der Waals surface area contributed by atoms with Gasteiger partial charge < -0.3 is 5.32 Å². The van der Waals surface area contributed by atoms with Crippen LogP contribution < -0.4 is 5.32 Å². The zero-order chi connectivity index (χ0) is 14.7. The summed E-state index contributed by atoms with van der Waals surface area (Å²) in [6, 6.07) is 2.58. The Morgan fingerprint density at radius 1 is 1.40 bits per heavy atom. The Kier molecular flexibility index (Phi) is 5.41. The minimum absolute atomic E-state index is 0.348. The van der Waals surface area contributed by atoms with Crippen molar-refractivity contribution in [1.82, 2.24) is 15.1 Å². The first-order valence-corrected chi connectivity index (χ1v) is 8.73. The van der Waals surface area contributed by atoms with Crippen molar-refractivity contribution >= 4 is 27.3 Å². The average molecular weight is 356 g/mol. The van der Waals surface area contributed by atoms with Gasteiger partial charge in [-0.3, -0.25) is 4.68 Å². The molecule has 1 atom stereocenters. The molecule has 0 aromatic carbocycles. The normalized spacial score (nSPS) is 12.8. The minimum Gasteiger partial charge on any atom is -0.312 e. The molecule has 0 radical (unpaired) electrons. The van der Waals surface area contributed by atoms with Crippen molar-refractivity contribution in [1.29, 1.82) is 0 Å². The van der Waals surface area contributed by atoms with Crippen LogP contribution in [0.25, 0.3) is 0 Å². The van der Waals surface area contributed by atoms with Gasteiger partial charge in [0.25, 0.3) is 0 Å². The molecular formula is C15H22BrN3S. The molecule has 0 aliphatic carbocycles. The van der Waals surface area contributed by atoms with Crippen molar-refractivity contribution in [2.45, 2.75) is 39.2 Å². The van der Waals surface area contributed by atoms with Gasteiger partial charge in [-0.15, -0.1) is 11.3 Å². The lowest BCUT2D eigenvalue weighted by Crippen LogP contribution is -2.20. The lowest BCUT2D eigenvalue weighted by atomic mass is 10.0. The maximum atomic E-state index is 4.59. The number of hydrogen-bond donors (Lipinski definition) is 1. The molecule has 0 bridgehead atoms. The Hall–Kier alpha value is -0.650.